The van der Waals surface area contributed by atoms with E-state index in [2.05, 4.69) is 9.98 Å². The largest absolute Gasteiger partial charge is 0.497 e. The lowest BCUT2D eigenvalue weighted by Crippen LogP contribution is -2.38. The highest BCUT2D eigenvalue weighted by atomic mass is 19.1. The van der Waals surface area contributed by atoms with Crippen LogP contribution in [0.15, 0.2) is 53.7 Å². The van der Waals surface area contributed by atoms with Crippen molar-refractivity contribution in [3.05, 3.63) is 71.6 Å². The van der Waals surface area contributed by atoms with Crippen LogP contribution in [0, 0.1) is 11.8 Å². The van der Waals surface area contributed by atoms with Gasteiger partial charge in [0.15, 0.2) is 11.6 Å². The molecule has 0 aliphatic carbocycles. The summed E-state index contributed by atoms with van der Waals surface area (Å²) in [5.41, 5.74) is 6.90. The molecule has 5 rings (SSSR count). The molecule has 2 aliphatic heterocycles. The predicted octanol–water partition coefficient (Wildman–Crippen LogP) is 4.12. The number of amidine groups is 1. The third-order valence-corrected chi connectivity index (χ3v) is 5.42. The van der Waals surface area contributed by atoms with Crippen LogP contribution >= 0.6 is 0 Å². The molecule has 8 heteroatoms. The highest BCUT2D eigenvalue weighted by Crippen LogP contribution is 2.54. The summed E-state index contributed by atoms with van der Waals surface area (Å²) >= 11 is 0. The van der Waals surface area contributed by atoms with Crippen molar-refractivity contribution in [1.29, 1.82) is 0 Å². The Hall–Kier alpha value is -3.68. The molecule has 3 heterocycles. The number of halogens is 2. The molecule has 30 heavy (non-hydrogen) atoms. The van der Waals surface area contributed by atoms with Gasteiger partial charge in [0.1, 0.15) is 17.0 Å². The van der Waals surface area contributed by atoms with Crippen molar-refractivity contribution in [2.75, 3.05) is 13.7 Å². The van der Waals surface area contributed by atoms with E-state index in [4.69, 9.17) is 19.9 Å². The van der Waals surface area contributed by atoms with E-state index in [-0.39, 0.29) is 18.4 Å². The fourth-order valence-corrected chi connectivity index (χ4v) is 4.03. The smallest absolute Gasteiger partial charge is 0.283 e. The van der Waals surface area contributed by atoms with Crippen molar-refractivity contribution in [2.45, 2.75) is 12.0 Å². The third-order valence-electron chi connectivity index (χ3n) is 5.42. The van der Waals surface area contributed by atoms with E-state index >= 15 is 0 Å². The van der Waals surface area contributed by atoms with Gasteiger partial charge in [-0.1, -0.05) is 6.07 Å². The minimum absolute atomic E-state index is 0.0127. The van der Waals surface area contributed by atoms with Crippen molar-refractivity contribution in [3.8, 4) is 28.4 Å². The average Bonchev–Trinajstić information content (AvgIpc) is 2.75. The minimum Gasteiger partial charge on any atom is -0.497 e. The fraction of sp³-hybridized carbons (Fsp3) is 0.182. The molecule has 2 aromatic carbocycles. The van der Waals surface area contributed by atoms with Crippen LogP contribution < -0.4 is 15.2 Å². The van der Waals surface area contributed by atoms with E-state index in [0.717, 1.165) is 0 Å². The van der Waals surface area contributed by atoms with Gasteiger partial charge >= 0.3 is 0 Å². The number of pyridine rings is 1. The zero-order valence-electron chi connectivity index (χ0n) is 16.0. The maximum Gasteiger partial charge on any atom is 0.283 e. The van der Waals surface area contributed by atoms with Gasteiger partial charge in [0.25, 0.3) is 6.02 Å². The molecule has 0 saturated carbocycles. The van der Waals surface area contributed by atoms with Gasteiger partial charge in [-0.15, -0.1) is 0 Å². The van der Waals surface area contributed by atoms with Gasteiger partial charge in [-0.05, 0) is 35.9 Å². The Balaban J connectivity index is 1.79. The number of hydrogen-bond acceptors (Lipinski definition) is 6. The SMILES string of the molecule is COc1cc(F)c2c(c1)[C@]1(CCOC(N)=N1)c1cc(-c3cccnc3F)ccc1O2. The number of nitrogens with two attached hydrogens (primary N) is 1. The maximum absolute atomic E-state index is 14.9. The summed E-state index contributed by atoms with van der Waals surface area (Å²) in [6, 6.07) is 11.4. The molecule has 0 amide bonds. The molecule has 0 bridgehead atoms. The third kappa shape index (κ3) is 2.67. The van der Waals surface area contributed by atoms with Gasteiger partial charge in [0.2, 0.25) is 5.95 Å². The molecule has 2 aliphatic rings. The summed E-state index contributed by atoms with van der Waals surface area (Å²) in [5.74, 6) is -0.365. The second-order valence-corrected chi connectivity index (χ2v) is 7.05. The monoisotopic (exact) mass is 409 g/mol. The molecular weight excluding hydrogens is 392 g/mol. The van der Waals surface area contributed by atoms with Crippen molar-refractivity contribution in [1.82, 2.24) is 4.98 Å². The van der Waals surface area contributed by atoms with Gasteiger partial charge in [0.05, 0.1) is 13.7 Å². The Morgan fingerprint density at radius 2 is 2.00 bits per heavy atom. The Morgan fingerprint density at radius 1 is 1.13 bits per heavy atom. The van der Waals surface area contributed by atoms with Gasteiger partial charge in [-0.2, -0.15) is 4.39 Å². The molecule has 0 fully saturated rings. The van der Waals surface area contributed by atoms with Crippen molar-refractivity contribution in [3.63, 3.8) is 0 Å². The Labute approximate surface area is 170 Å². The number of ether oxygens (including phenoxy) is 3. The highest BCUT2D eigenvalue weighted by molar-refractivity contribution is 5.76. The number of aliphatic imine (C=N–C) groups is 1. The second-order valence-electron chi connectivity index (χ2n) is 7.05. The van der Waals surface area contributed by atoms with Crippen LogP contribution in [-0.4, -0.2) is 24.7 Å². The first-order valence-corrected chi connectivity index (χ1v) is 9.31. The summed E-state index contributed by atoms with van der Waals surface area (Å²) in [5, 5.41) is 0. The number of benzene rings is 2. The summed E-state index contributed by atoms with van der Waals surface area (Å²) in [6.07, 6.45) is 1.78. The Morgan fingerprint density at radius 3 is 2.77 bits per heavy atom. The van der Waals surface area contributed by atoms with Crippen LogP contribution in [0.1, 0.15) is 17.5 Å². The van der Waals surface area contributed by atoms with Gasteiger partial charge in [-0.3, -0.25) is 0 Å². The summed E-state index contributed by atoms with van der Waals surface area (Å²) in [4.78, 5) is 8.31. The molecule has 0 saturated heterocycles. The molecule has 152 valence electrons. The average molecular weight is 409 g/mol. The first-order chi connectivity index (χ1) is 14.5. The zero-order chi connectivity index (χ0) is 20.9. The number of fused-ring (bicyclic) bond motifs is 4. The first-order valence-electron chi connectivity index (χ1n) is 9.31. The van der Waals surface area contributed by atoms with E-state index in [1.165, 1.54) is 19.4 Å². The molecule has 0 unspecified atom stereocenters. The van der Waals surface area contributed by atoms with E-state index in [9.17, 15) is 8.78 Å². The molecule has 2 N–H and O–H groups in total. The summed E-state index contributed by atoms with van der Waals surface area (Å²) in [7, 11) is 1.45. The van der Waals surface area contributed by atoms with E-state index in [1.807, 2.05) is 0 Å². The molecule has 1 spiro atoms. The number of aromatic nitrogens is 1. The summed E-state index contributed by atoms with van der Waals surface area (Å²) in [6.45, 7) is 0.276. The lowest BCUT2D eigenvalue weighted by atomic mass is 9.77. The minimum atomic E-state index is -1.06. The standard InChI is InChI=1S/C22H17F2N3O3/c1-28-13-10-16-19(17(23)11-13)30-18-5-4-12(14-3-2-7-26-20(14)24)9-15(18)22(16)6-8-29-21(25)27-22/h2-5,7,9-11H,6,8H2,1H3,(H2,25,27)/t22-/m0/s1. The van der Waals surface area contributed by atoms with Gasteiger partial charge in [-0.25, -0.2) is 14.4 Å². The fourth-order valence-electron chi connectivity index (χ4n) is 4.03. The van der Waals surface area contributed by atoms with Crippen molar-refractivity contribution < 1.29 is 23.0 Å². The molecule has 6 nitrogen and oxygen atoms in total. The van der Waals surface area contributed by atoms with E-state index in [0.29, 0.717) is 40.2 Å². The van der Waals surface area contributed by atoms with Gasteiger partial charge < -0.3 is 19.9 Å². The van der Waals surface area contributed by atoms with Crippen LogP contribution in [0.4, 0.5) is 8.78 Å². The molecule has 0 radical (unpaired) electrons. The maximum atomic E-state index is 14.9. The van der Waals surface area contributed by atoms with Crippen LogP contribution in [-0.2, 0) is 10.3 Å². The second kappa shape index (κ2) is 6.69. The normalized spacial score (nSPS) is 19.2. The van der Waals surface area contributed by atoms with Crippen LogP contribution in [0.3, 0.4) is 0 Å². The van der Waals surface area contributed by atoms with Crippen LogP contribution in [0.2, 0.25) is 0 Å². The topological polar surface area (TPSA) is 79.0 Å². The van der Waals surface area contributed by atoms with E-state index in [1.54, 1.807) is 36.4 Å². The number of rotatable bonds is 2. The van der Waals surface area contributed by atoms with E-state index < -0.39 is 17.3 Å². The van der Waals surface area contributed by atoms with Gasteiger partial charge in [0, 0.05) is 35.4 Å². The quantitative estimate of drug-likeness (QED) is 0.644. The zero-order valence-corrected chi connectivity index (χ0v) is 16.0. The highest BCUT2D eigenvalue weighted by Gasteiger charge is 2.46. The van der Waals surface area contributed by atoms with Crippen molar-refractivity contribution in [2.24, 2.45) is 10.7 Å². The first kappa shape index (κ1) is 18.4. The molecule has 1 atom stereocenters. The lowest BCUT2D eigenvalue weighted by molar-refractivity contribution is 0.217. The van der Waals surface area contributed by atoms with Crippen LogP contribution in [0.5, 0.6) is 17.2 Å². The molecule has 1 aromatic heterocycles. The predicted molar refractivity (Wildman–Crippen MR) is 106 cm³/mol. The van der Waals surface area contributed by atoms with Crippen LogP contribution in [0.25, 0.3) is 11.1 Å². The van der Waals surface area contributed by atoms with Crippen molar-refractivity contribution >= 4 is 6.02 Å². The lowest BCUT2D eigenvalue weighted by Gasteiger charge is -2.39. The summed E-state index contributed by atoms with van der Waals surface area (Å²) < 4.78 is 45.7. The number of nitrogens with zero attached hydrogens (tertiary/aromatic N) is 2. The Kier molecular flexibility index (Phi) is 4.09. The molecular formula is C22H17F2N3O3. The molecule has 3 aromatic rings. The Bertz CT molecular complexity index is 1200. The number of methoxy groups -OCH3 is 1. The number of hydrogen-bond donors (Lipinski definition) is 1.